The van der Waals surface area contributed by atoms with Gasteiger partial charge in [0, 0.05) is 35.1 Å². The lowest BCUT2D eigenvalue weighted by atomic mass is 9.88. The number of nitrogens with one attached hydrogen (secondary N) is 3. The number of nitrogens with zero attached hydrogens (tertiary/aromatic N) is 8. The second-order valence-electron chi connectivity index (χ2n) is 10.4. The highest BCUT2D eigenvalue weighted by atomic mass is 19.1. The Hall–Kier alpha value is -5.05. The Balaban J connectivity index is 1.29. The van der Waals surface area contributed by atoms with Crippen molar-refractivity contribution < 1.29 is 18.8 Å². The van der Waals surface area contributed by atoms with E-state index in [-0.39, 0.29) is 35.5 Å². The predicted octanol–water partition coefficient (Wildman–Crippen LogP) is 1.34. The third-order valence-electron chi connectivity index (χ3n) is 8.10. The van der Waals surface area contributed by atoms with E-state index in [2.05, 4.69) is 36.4 Å². The van der Waals surface area contributed by atoms with Crippen molar-refractivity contribution in [2.45, 2.75) is 32.2 Å². The zero-order valence-corrected chi connectivity index (χ0v) is 22.0. The minimum absolute atomic E-state index is 0.000941. The molecule has 14 nitrogen and oxygen atoms in total. The minimum atomic E-state index is -0.512. The fourth-order valence-electron chi connectivity index (χ4n) is 6.09. The number of hydrogen-bond acceptors (Lipinski definition) is 8. The molecule has 208 valence electrons. The van der Waals surface area contributed by atoms with Crippen molar-refractivity contribution in [2.75, 3.05) is 25.0 Å². The molecule has 0 spiro atoms. The maximum Gasteiger partial charge on any atom is 0.336 e. The van der Waals surface area contributed by atoms with Crippen LogP contribution >= 0.6 is 0 Å². The van der Waals surface area contributed by atoms with E-state index in [0.717, 1.165) is 11.1 Å². The average Bonchev–Trinajstić information content (AvgIpc) is 3.70. The fourth-order valence-corrected chi connectivity index (χ4v) is 6.09. The number of carbonyl (C=O) groups excluding carboxylic acids is 3. The highest BCUT2D eigenvalue weighted by Crippen LogP contribution is 2.42. The van der Waals surface area contributed by atoms with E-state index >= 15 is 4.39 Å². The quantitative estimate of drug-likeness (QED) is 0.272. The van der Waals surface area contributed by atoms with Crippen molar-refractivity contribution >= 4 is 45.5 Å². The number of hydrogen-bond donors (Lipinski definition) is 3. The summed E-state index contributed by atoms with van der Waals surface area (Å²) in [5, 5.41) is 28.7. The number of fused-ring (bicyclic) bond motifs is 2. The van der Waals surface area contributed by atoms with Gasteiger partial charge < -0.3 is 5.32 Å². The van der Waals surface area contributed by atoms with Crippen LogP contribution in [0.5, 0.6) is 0 Å². The molecule has 0 aliphatic carbocycles. The van der Waals surface area contributed by atoms with Crippen molar-refractivity contribution in [2.24, 2.45) is 0 Å². The second-order valence-corrected chi connectivity index (χ2v) is 10.4. The van der Waals surface area contributed by atoms with Gasteiger partial charge in [0.2, 0.25) is 11.8 Å². The smallest absolute Gasteiger partial charge is 0.336 e. The first-order valence-electron chi connectivity index (χ1n) is 13.2. The van der Waals surface area contributed by atoms with Gasteiger partial charge in [0.25, 0.3) is 5.95 Å². The van der Waals surface area contributed by atoms with Crippen LogP contribution in [0.3, 0.4) is 0 Å². The number of rotatable bonds is 5. The van der Waals surface area contributed by atoms with Crippen LogP contribution in [0.4, 0.5) is 10.3 Å². The molecule has 0 saturated carbocycles. The Morgan fingerprint density at radius 1 is 1.12 bits per heavy atom. The van der Waals surface area contributed by atoms with E-state index in [4.69, 9.17) is 5.10 Å². The van der Waals surface area contributed by atoms with Gasteiger partial charge >= 0.3 is 5.91 Å². The first-order chi connectivity index (χ1) is 19.8. The number of aromatic amines is 1. The van der Waals surface area contributed by atoms with Gasteiger partial charge in [0.05, 0.1) is 30.9 Å². The van der Waals surface area contributed by atoms with Gasteiger partial charge in [-0.25, -0.2) is 9.18 Å². The van der Waals surface area contributed by atoms with E-state index in [9.17, 15) is 14.4 Å². The molecule has 4 bridgehead atoms. The molecule has 3 amide bonds. The Bertz CT molecular complexity index is 1850. The van der Waals surface area contributed by atoms with Gasteiger partial charge in [-0.05, 0) is 29.0 Å². The number of carbonyl (C=O) groups is 3. The molecule has 3 aliphatic rings. The number of H-pyrrole nitrogens is 1. The Morgan fingerprint density at radius 2 is 1.95 bits per heavy atom. The summed E-state index contributed by atoms with van der Waals surface area (Å²) in [6.07, 6.45) is 2.92. The molecule has 0 unspecified atom stereocenters. The van der Waals surface area contributed by atoms with Crippen LogP contribution in [0.15, 0.2) is 36.5 Å². The lowest BCUT2D eigenvalue weighted by Gasteiger charge is -2.39. The molecular weight excluding hydrogens is 533 g/mol. The molecule has 6 heterocycles. The zero-order valence-electron chi connectivity index (χ0n) is 22.0. The fraction of sp³-hybridized carbons (Fsp3) is 0.308. The summed E-state index contributed by atoms with van der Waals surface area (Å²) in [6, 6.07) is 8.72. The van der Waals surface area contributed by atoms with Crippen LogP contribution in [0.25, 0.3) is 32.9 Å². The molecular formula is C26H25FN11O3+. The summed E-state index contributed by atoms with van der Waals surface area (Å²) in [7, 11) is 0. The van der Waals surface area contributed by atoms with Gasteiger partial charge in [-0.3, -0.25) is 19.6 Å². The lowest BCUT2D eigenvalue weighted by molar-refractivity contribution is -0.137. The number of halogens is 1. The normalized spacial score (nSPS) is 19.4. The highest BCUT2D eigenvalue weighted by Gasteiger charge is 2.44. The molecule has 0 radical (unpaired) electrons. The van der Waals surface area contributed by atoms with Gasteiger partial charge in [-0.2, -0.15) is 10.3 Å². The van der Waals surface area contributed by atoms with Crippen molar-refractivity contribution in [3.63, 3.8) is 0 Å². The zero-order chi connectivity index (χ0) is 28.3. The Labute approximate surface area is 231 Å². The first kappa shape index (κ1) is 25.0. The summed E-state index contributed by atoms with van der Waals surface area (Å²) in [5.74, 6) is -1.40. The van der Waals surface area contributed by atoms with Crippen LogP contribution in [-0.2, 0) is 20.9 Å². The summed E-state index contributed by atoms with van der Waals surface area (Å²) < 4.78 is 17.3. The third kappa shape index (κ3) is 3.96. The molecule has 1 saturated heterocycles. The van der Waals surface area contributed by atoms with E-state index in [1.807, 2.05) is 12.1 Å². The number of quaternary nitrogens is 1. The van der Waals surface area contributed by atoms with Crippen molar-refractivity contribution in [3.05, 3.63) is 48.0 Å². The summed E-state index contributed by atoms with van der Waals surface area (Å²) >= 11 is 0. The largest absolute Gasteiger partial charge is 0.345 e. The summed E-state index contributed by atoms with van der Waals surface area (Å²) in [4.78, 5) is 39.8. The van der Waals surface area contributed by atoms with Crippen molar-refractivity contribution in [3.8, 4) is 11.1 Å². The number of benzene rings is 2. The standard InChI is InChI=1S/C26H24FN11O3/c1-14(39)38-7-5-15(6-8-38)25-24-17(18-10-21-16(9-19(18)27)11-29-37(21)38)3-2-4-20(24)36(33-25)13-23(41)28-12-22(40)30-26-31-34-35-32-26/h2-4,9-11,15H,5-8,12-13H2,1H3,(H2-,28,29,30,31,32,33,34,35,40,41)/p+1. The van der Waals surface area contributed by atoms with E-state index < -0.39 is 17.6 Å². The summed E-state index contributed by atoms with van der Waals surface area (Å²) in [6.45, 7) is 2.15. The molecule has 8 rings (SSSR count). The van der Waals surface area contributed by atoms with Crippen LogP contribution in [0, 0.1) is 5.82 Å². The molecule has 5 aromatic rings. The Morgan fingerprint density at radius 3 is 2.71 bits per heavy atom. The molecule has 3 aliphatic heterocycles. The van der Waals surface area contributed by atoms with Crippen LogP contribution < -0.4 is 15.2 Å². The van der Waals surface area contributed by atoms with Crippen molar-refractivity contribution in [1.29, 1.82) is 0 Å². The van der Waals surface area contributed by atoms with Gasteiger partial charge in [0.1, 0.15) is 31.0 Å². The van der Waals surface area contributed by atoms with Gasteiger partial charge in [-0.1, -0.05) is 22.0 Å². The molecule has 41 heavy (non-hydrogen) atoms. The number of piperidine rings is 1. The summed E-state index contributed by atoms with van der Waals surface area (Å²) in [5.41, 5.74) is 3.15. The maximum atomic E-state index is 15.6. The monoisotopic (exact) mass is 558 g/mol. The predicted molar refractivity (Wildman–Crippen MR) is 144 cm³/mol. The van der Waals surface area contributed by atoms with E-state index in [1.165, 1.54) is 6.07 Å². The van der Waals surface area contributed by atoms with Crippen LogP contribution in [0.1, 0.15) is 31.4 Å². The number of amides is 3. The SMILES string of the molecule is CC(=O)[N+]12CCC(CC1)c1nn(CC(=O)NCC(=O)Nc3nn[nH]n3)c3cccc(c13)-c1cc3c(cnn32)cc1F. The molecule has 3 aromatic heterocycles. The van der Waals surface area contributed by atoms with Crippen LogP contribution in [-0.4, -0.2) is 77.6 Å². The maximum absolute atomic E-state index is 15.6. The topological polar surface area (TPSA) is 165 Å². The Kier molecular flexibility index (Phi) is 5.64. The third-order valence-corrected chi connectivity index (χ3v) is 8.10. The molecule has 3 N–H and O–H groups in total. The number of anilines is 1. The van der Waals surface area contributed by atoms with Crippen LogP contribution in [0.2, 0.25) is 0 Å². The molecule has 2 aromatic carbocycles. The van der Waals surface area contributed by atoms with Gasteiger partial charge in [-0.15, -0.1) is 14.8 Å². The highest BCUT2D eigenvalue weighted by molar-refractivity contribution is 6.00. The molecule has 1 fully saturated rings. The minimum Gasteiger partial charge on any atom is -0.345 e. The lowest BCUT2D eigenvalue weighted by Crippen LogP contribution is -2.65. The van der Waals surface area contributed by atoms with E-state index in [0.29, 0.717) is 53.5 Å². The van der Waals surface area contributed by atoms with Crippen molar-refractivity contribution in [1.82, 2.24) is 50.2 Å². The molecule has 15 heteroatoms. The molecule has 0 atom stereocenters. The van der Waals surface area contributed by atoms with Gasteiger partial charge in [0.15, 0.2) is 0 Å². The number of aromatic nitrogens is 8. The first-order valence-corrected chi connectivity index (χ1v) is 13.2. The van der Waals surface area contributed by atoms with E-state index in [1.54, 1.807) is 34.7 Å². The number of tetrazole rings is 1. The second kappa shape index (κ2) is 9.26. The average molecular weight is 559 g/mol.